The van der Waals surface area contributed by atoms with E-state index in [0.29, 0.717) is 17.3 Å². The van der Waals surface area contributed by atoms with Crippen LogP contribution in [0.4, 0.5) is 0 Å². The summed E-state index contributed by atoms with van der Waals surface area (Å²) in [6.45, 7) is 30.0. The Labute approximate surface area is 319 Å². The van der Waals surface area contributed by atoms with Gasteiger partial charge in [0.25, 0.3) is 0 Å². The van der Waals surface area contributed by atoms with Gasteiger partial charge in [-0.05, 0) is 154 Å². The molecule has 0 bridgehead atoms. The molecule has 5 unspecified atom stereocenters. The predicted molar refractivity (Wildman–Crippen MR) is 227 cm³/mol. The highest BCUT2D eigenvalue weighted by Crippen LogP contribution is 2.66. The fourth-order valence-corrected chi connectivity index (χ4v) is 10.4. The van der Waals surface area contributed by atoms with E-state index < -0.39 is 0 Å². The summed E-state index contributed by atoms with van der Waals surface area (Å²) in [7, 11) is 0. The summed E-state index contributed by atoms with van der Waals surface area (Å²) in [5, 5.41) is 2.92. The first-order chi connectivity index (χ1) is 24.2. The zero-order valence-corrected chi connectivity index (χ0v) is 34.5. The molecular formula is C46H77N5O. The molecule has 0 heterocycles. The largest absolute Gasteiger partial charge is 0.405 e. The second-order valence-electron chi connectivity index (χ2n) is 16.2. The van der Waals surface area contributed by atoms with Crippen molar-refractivity contribution >= 4 is 6.41 Å². The van der Waals surface area contributed by atoms with Crippen LogP contribution in [0.2, 0.25) is 0 Å². The average Bonchev–Trinajstić information content (AvgIpc) is 3.09. The second kappa shape index (κ2) is 21.3. The molecule has 292 valence electrons. The number of benzene rings is 1. The molecule has 0 aliphatic heterocycles. The van der Waals surface area contributed by atoms with Gasteiger partial charge in [-0.2, -0.15) is 0 Å². The van der Waals surface area contributed by atoms with E-state index in [-0.39, 0.29) is 23.4 Å². The zero-order chi connectivity index (χ0) is 38.4. The van der Waals surface area contributed by atoms with Crippen molar-refractivity contribution in [1.82, 2.24) is 11.5 Å². The molecule has 5 aliphatic carbocycles. The van der Waals surface area contributed by atoms with Gasteiger partial charge in [0.2, 0.25) is 6.41 Å². The van der Waals surface area contributed by atoms with Gasteiger partial charge in [0, 0.05) is 11.4 Å². The Morgan fingerprint density at radius 1 is 0.962 bits per heavy atom. The van der Waals surface area contributed by atoms with E-state index in [1.54, 1.807) is 34.0 Å². The maximum Gasteiger partial charge on any atom is 0.204 e. The van der Waals surface area contributed by atoms with Crippen molar-refractivity contribution in [1.29, 1.82) is 0 Å². The lowest BCUT2D eigenvalue weighted by Gasteiger charge is -2.60. The van der Waals surface area contributed by atoms with E-state index in [2.05, 4.69) is 95.8 Å². The molecule has 6 nitrogen and oxygen atoms in total. The molecule has 2 saturated carbocycles. The van der Waals surface area contributed by atoms with Gasteiger partial charge >= 0.3 is 0 Å². The molecule has 5 aliphatic rings. The first kappa shape index (κ1) is 46.5. The number of nitrogens with two attached hydrogens (primary N) is 3. The highest BCUT2D eigenvalue weighted by molar-refractivity contribution is 5.44. The number of nitrogens with one attached hydrogen (secondary N) is 1. The van der Waals surface area contributed by atoms with Gasteiger partial charge in [-0.3, -0.25) is 4.79 Å². The molecule has 10 N–H and O–H groups in total. The number of fused-ring (bicyclic) bond motifs is 5. The lowest BCUT2D eigenvalue weighted by Crippen LogP contribution is -2.51. The lowest BCUT2D eigenvalue weighted by atomic mass is 9.44. The van der Waals surface area contributed by atoms with Crippen molar-refractivity contribution in [3.8, 4) is 0 Å². The monoisotopic (exact) mass is 716 g/mol. The Morgan fingerprint density at radius 2 is 1.58 bits per heavy atom. The third-order valence-electron chi connectivity index (χ3n) is 12.8. The van der Waals surface area contributed by atoms with E-state index in [1.165, 1.54) is 88.8 Å². The van der Waals surface area contributed by atoms with Crippen molar-refractivity contribution in [2.45, 2.75) is 144 Å². The van der Waals surface area contributed by atoms with Gasteiger partial charge in [-0.25, -0.2) is 0 Å². The quantitative estimate of drug-likeness (QED) is 0.156. The van der Waals surface area contributed by atoms with Crippen LogP contribution >= 0.6 is 0 Å². The molecule has 6 heteroatoms. The van der Waals surface area contributed by atoms with Crippen LogP contribution in [0.1, 0.15) is 142 Å². The molecule has 1 aromatic carbocycles. The summed E-state index contributed by atoms with van der Waals surface area (Å²) in [6, 6.07) is 7.28. The fraction of sp³-hybridized carbons (Fsp3) is 0.587. The van der Waals surface area contributed by atoms with Gasteiger partial charge in [0.05, 0.1) is 0 Å². The van der Waals surface area contributed by atoms with Crippen LogP contribution in [-0.2, 0) is 16.6 Å². The molecular weight excluding hydrogens is 639 g/mol. The van der Waals surface area contributed by atoms with E-state index in [9.17, 15) is 0 Å². The van der Waals surface area contributed by atoms with Crippen LogP contribution in [-0.4, -0.2) is 6.41 Å². The van der Waals surface area contributed by atoms with E-state index in [0.717, 1.165) is 23.7 Å². The summed E-state index contributed by atoms with van der Waals surface area (Å²) >= 11 is 0. The number of carbonyl (C=O) groups is 1. The summed E-state index contributed by atoms with van der Waals surface area (Å²) < 4.78 is 0. The van der Waals surface area contributed by atoms with Crippen LogP contribution in [0.15, 0.2) is 90.6 Å². The summed E-state index contributed by atoms with van der Waals surface area (Å²) in [4.78, 5) is 8.58. The molecule has 0 spiro atoms. The maximum atomic E-state index is 8.58. The van der Waals surface area contributed by atoms with Crippen LogP contribution in [0, 0.1) is 35.5 Å². The standard InChI is InChI=1S/C34H47N.C6H11N.C3H8.C2H5N.CH3NO.H3N/c1-22-9-10-24-12-15-28-27(8-6-17-33(28,4)29(24)20-22)23(2)32(3)18-7-19-34(5)30-21-26(35)14-11-25(30)13-16-31(32)34;1-4-6(3)7-5-2;1-3-2;1-2-3;2-1-3;/h9-10,20-21,27-28,31H,2,6-8,11-19,35H2,1,3-5H3;4-5,7H,2H2,1,3H3;3H2,1-2H3;2H,1,3H2;1H,(H2,2,3);1H3/b;6-4-;;;;/t27?,28?,31?,32-,33?,34?;;;;;/m1...../s1. The Kier molecular flexibility index (Phi) is 19.0. The minimum Gasteiger partial charge on any atom is -0.405 e. The number of rotatable bonds is 4. The van der Waals surface area contributed by atoms with Crippen LogP contribution in [0.25, 0.3) is 0 Å². The number of amides is 1. The van der Waals surface area contributed by atoms with Crippen molar-refractivity contribution in [2.75, 3.05) is 0 Å². The van der Waals surface area contributed by atoms with Crippen molar-refractivity contribution in [3.63, 3.8) is 0 Å². The SMILES string of the molecule is C=C(C1CCCC2(C)c3cc(C)ccc3CCC12)[C@@]1(C)CCCC2(C)C3=C(CCC(N)=C3)CCC21.C=CN.C=CN/C(C)=C\C.CCC.N.NC=O. The normalized spacial score (nSPS) is 29.7. The predicted octanol–water partition coefficient (Wildman–Crippen LogP) is 11.1. The molecule has 0 saturated heterocycles. The highest BCUT2D eigenvalue weighted by Gasteiger charge is 2.56. The van der Waals surface area contributed by atoms with Gasteiger partial charge in [-0.1, -0.05) is 115 Å². The Morgan fingerprint density at radius 3 is 2.15 bits per heavy atom. The van der Waals surface area contributed by atoms with Crippen LogP contribution in [0.3, 0.4) is 0 Å². The number of hydrogen-bond acceptors (Lipinski definition) is 5. The van der Waals surface area contributed by atoms with Crippen molar-refractivity contribution < 1.29 is 4.79 Å². The number of hydrogen-bond donors (Lipinski definition) is 5. The van der Waals surface area contributed by atoms with Crippen molar-refractivity contribution in [2.24, 2.45) is 45.8 Å². The first-order valence-corrected chi connectivity index (χ1v) is 19.7. The molecule has 0 aromatic heterocycles. The van der Waals surface area contributed by atoms with E-state index in [1.807, 2.05) is 19.9 Å². The minimum atomic E-state index is 0. The van der Waals surface area contributed by atoms with Crippen molar-refractivity contribution in [3.05, 3.63) is 107 Å². The maximum absolute atomic E-state index is 8.58. The van der Waals surface area contributed by atoms with Gasteiger partial charge < -0.3 is 28.7 Å². The minimum absolute atomic E-state index is 0. The Bertz CT molecular complexity index is 1430. The van der Waals surface area contributed by atoms with Crippen LogP contribution < -0.4 is 28.7 Å². The number of aryl methyl sites for hydroxylation is 2. The average molecular weight is 716 g/mol. The summed E-state index contributed by atoms with van der Waals surface area (Å²) in [5.74, 6) is 2.10. The Hall–Kier alpha value is -3.51. The fourth-order valence-electron chi connectivity index (χ4n) is 10.4. The number of allylic oxidation sites excluding steroid dienone is 7. The molecule has 6 atom stereocenters. The van der Waals surface area contributed by atoms with E-state index in [4.69, 9.17) is 17.1 Å². The number of carbonyl (C=O) groups excluding carboxylic acids is 1. The van der Waals surface area contributed by atoms with E-state index >= 15 is 0 Å². The van der Waals surface area contributed by atoms with Gasteiger partial charge in [0.1, 0.15) is 0 Å². The second-order valence-corrected chi connectivity index (χ2v) is 16.2. The molecule has 2 fully saturated rings. The lowest BCUT2D eigenvalue weighted by molar-refractivity contribution is -0.106. The topological polar surface area (TPSA) is 142 Å². The molecule has 1 amide bonds. The zero-order valence-electron chi connectivity index (χ0n) is 34.5. The third-order valence-corrected chi connectivity index (χ3v) is 12.8. The molecule has 1 aromatic rings. The smallest absolute Gasteiger partial charge is 0.204 e. The first-order valence-electron chi connectivity index (χ1n) is 19.7. The molecule has 52 heavy (non-hydrogen) atoms. The van der Waals surface area contributed by atoms with Gasteiger partial charge in [0.15, 0.2) is 0 Å². The molecule has 6 rings (SSSR count). The van der Waals surface area contributed by atoms with Gasteiger partial charge in [-0.15, -0.1) is 0 Å². The highest BCUT2D eigenvalue weighted by atomic mass is 16.1. The third kappa shape index (κ3) is 10.3. The molecule has 0 radical (unpaired) electrons. The number of primary amides is 1. The summed E-state index contributed by atoms with van der Waals surface area (Å²) in [5.41, 5.74) is 27.9. The summed E-state index contributed by atoms with van der Waals surface area (Å²) in [6.07, 6.45) is 24.3. The van der Waals surface area contributed by atoms with Crippen LogP contribution in [0.5, 0.6) is 0 Å². The Balaban J connectivity index is 0.000000678.